The number of benzene rings is 3. The van der Waals surface area contributed by atoms with Crippen molar-refractivity contribution in [2.24, 2.45) is 11.8 Å². The number of aromatic nitrogens is 1. The van der Waals surface area contributed by atoms with Gasteiger partial charge in [-0.3, -0.25) is 9.59 Å². The Morgan fingerprint density at radius 2 is 1.56 bits per heavy atom. The minimum atomic E-state index is -0.129. The molecular weight excluding hydrogens is 422 g/mol. The number of anilines is 2. The minimum Gasteiger partial charge on any atom is -0.355 e. The maximum Gasteiger partial charge on any atom is 0.255 e. The molecule has 0 radical (unpaired) electrons. The fourth-order valence-electron chi connectivity index (χ4n) is 4.83. The van der Waals surface area contributed by atoms with E-state index >= 15 is 0 Å². The number of fused-ring (bicyclic) bond motifs is 1. The Labute approximate surface area is 199 Å². The number of H-pyrrole nitrogens is 1. The third-order valence-corrected chi connectivity index (χ3v) is 6.83. The van der Waals surface area contributed by atoms with Gasteiger partial charge in [-0.1, -0.05) is 50.1 Å². The smallest absolute Gasteiger partial charge is 0.255 e. The number of carbonyl (C=O) groups excluding carboxylic acids is 2. The van der Waals surface area contributed by atoms with E-state index in [2.05, 4.69) is 28.6 Å². The molecule has 0 bridgehead atoms. The van der Waals surface area contributed by atoms with Crippen LogP contribution in [0.15, 0.2) is 78.9 Å². The number of hydrogen-bond acceptors (Lipinski definition) is 2. The summed E-state index contributed by atoms with van der Waals surface area (Å²) in [6.07, 6.45) is 4.47. The van der Waals surface area contributed by atoms with Crippen LogP contribution in [0.3, 0.4) is 0 Å². The van der Waals surface area contributed by atoms with E-state index in [0.29, 0.717) is 11.5 Å². The van der Waals surface area contributed by atoms with Crippen LogP contribution in [0, 0.1) is 11.8 Å². The summed E-state index contributed by atoms with van der Waals surface area (Å²) in [5, 5.41) is 7.11. The van der Waals surface area contributed by atoms with Gasteiger partial charge in [0.2, 0.25) is 5.91 Å². The fourth-order valence-corrected chi connectivity index (χ4v) is 4.83. The van der Waals surface area contributed by atoms with Gasteiger partial charge in [-0.05, 0) is 72.9 Å². The molecule has 0 saturated heterocycles. The number of carbonyl (C=O) groups is 2. The number of rotatable bonds is 5. The SMILES string of the molecule is CC1CCCCC1C(=O)Nc1ccc2[nH]c(-c3ccc(NC(=O)c4ccccc4)cc3)cc2c1. The molecule has 0 spiro atoms. The molecule has 1 aliphatic carbocycles. The van der Waals surface area contributed by atoms with Crippen molar-refractivity contribution >= 4 is 34.1 Å². The van der Waals surface area contributed by atoms with Crippen LogP contribution in [0.1, 0.15) is 43.0 Å². The lowest BCUT2D eigenvalue weighted by Crippen LogP contribution is -2.30. The Bertz CT molecular complexity index is 1310. The first-order valence-corrected chi connectivity index (χ1v) is 12.0. The van der Waals surface area contributed by atoms with Crippen LogP contribution in [0.5, 0.6) is 0 Å². The maximum absolute atomic E-state index is 12.8. The fraction of sp³-hybridized carbons (Fsp3) is 0.241. The van der Waals surface area contributed by atoms with Gasteiger partial charge in [-0.2, -0.15) is 0 Å². The molecule has 4 aromatic rings. The van der Waals surface area contributed by atoms with Gasteiger partial charge in [0.25, 0.3) is 5.91 Å². The lowest BCUT2D eigenvalue weighted by molar-refractivity contribution is -0.122. The van der Waals surface area contributed by atoms with E-state index in [1.54, 1.807) is 12.1 Å². The number of aromatic amines is 1. The first kappa shape index (κ1) is 22.0. The zero-order valence-corrected chi connectivity index (χ0v) is 19.3. The van der Waals surface area contributed by atoms with Crippen LogP contribution in [-0.2, 0) is 4.79 Å². The largest absolute Gasteiger partial charge is 0.355 e. The minimum absolute atomic E-state index is 0.104. The van der Waals surface area contributed by atoms with Crippen LogP contribution in [0.4, 0.5) is 11.4 Å². The van der Waals surface area contributed by atoms with E-state index in [-0.39, 0.29) is 17.7 Å². The molecule has 1 saturated carbocycles. The highest BCUT2D eigenvalue weighted by Crippen LogP contribution is 2.31. The molecule has 172 valence electrons. The molecular formula is C29H29N3O2. The van der Waals surface area contributed by atoms with Crippen molar-refractivity contribution in [3.8, 4) is 11.3 Å². The maximum atomic E-state index is 12.8. The van der Waals surface area contributed by atoms with Gasteiger partial charge < -0.3 is 15.6 Å². The lowest BCUT2D eigenvalue weighted by Gasteiger charge is -2.27. The summed E-state index contributed by atoms with van der Waals surface area (Å²) < 4.78 is 0. The molecule has 3 N–H and O–H groups in total. The summed E-state index contributed by atoms with van der Waals surface area (Å²) in [5.74, 6) is 0.551. The normalized spacial score (nSPS) is 17.9. The molecule has 5 rings (SSSR count). The third kappa shape index (κ3) is 4.74. The molecule has 2 atom stereocenters. The van der Waals surface area contributed by atoms with Crippen molar-refractivity contribution in [2.75, 3.05) is 10.6 Å². The van der Waals surface area contributed by atoms with Crippen molar-refractivity contribution in [3.63, 3.8) is 0 Å². The summed E-state index contributed by atoms with van der Waals surface area (Å²) in [7, 11) is 0. The van der Waals surface area contributed by atoms with Gasteiger partial charge in [0, 0.05) is 39.5 Å². The van der Waals surface area contributed by atoms with Crippen molar-refractivity contribution in [1.29, 1.82) is 0 Å². The van der Waals surface area contributed by atoms with Gasteiger partial charge in [0.05, 0.1) is 0 Å². The molecule has 2 unspecified atom stereocenters. The molecule has 3 aromatic carbocycles. The van der Waals surface area contributed by atoms with Crippen LogP contribution >= 0.6 is 0 Å². The number of nitrogens with one attached hydrogen (secondary N) is 3. The number of hydrogen-bond donors (Lipinski definition) is 3. The third-order valence-electron chi connectivity index (χ3n) is 6.83. The summed E-state index contributed by atoms with van der Waals surface area (Å²) in [6, 6.07) is 25.0. The Morgan fingerprint density at radius 3 is 2.32 bits per heavy atom. The number of amides is 2. The van der Waals surface area contributed by atoms with Crippen molar-refractivity contribution in [1.82, 2.24) is 4.98 Å². The Morgan fingerprint density at radius 1 is 0.824 bits per heavy atom. The average Bonchev–Trinajstić information content (AvgIpc) is 3.29. The molecule has 1 fully saturated rings. The lowest BCUT2D eigenvalue weighted by atomic mass is 9.80. The zero-order chi connectivity index (χ0) is 23.5. The Kier molecular flexibility index (Phi) is 6.17. The van der Waals surface area contributed by atoms with E-state index in [1.165, 1.54) is 6.42 Å². The standard InChI is InChI=1S/C29H29N3O2/c1-19-7-5-6-10-25(19)29(34)31-24-15-16-26-22(17-24)18-27(32-26)20-11-13-23(14-12-20)30-28(33)21-8-3-2-4-9-21/h2-4,8-9,11-19,25,32H,5-7,10H2,1H3,(H,30,33)(H,31,34). The molecule has 34 heavy (non-hydrogen) atoms. The molecule has 1 heterocycles. The van der Waals surface area contributed by atoms with E-state index in [1.807, 2.05) is 60.7 Å². The predicted molar refractivity (Wildman–Crippen MR) is 138 cm³/mol. The van der Waals surface area contributed by atoms with E-state index < -0.39 is 0 Å². The van der Waals surface area contributed by atoms with Gasteiger partial charge in [-0.25, -0.2) is 0 Å². The first-order valence-electron chi connectivity index (χ1n) is 12.0. The second-order valence-electron chi connectivity index (χ2n) is 9.24. The van der Waals surface area contributed by atoms with Gasteiger partial charge in [0.15, 0.2) is 0 Å². The highest BCUT2D eigenvalue weighted by molar-refractivity contribution is 6.04. The Balaban J connectivity index is 1.28. The Hall–Kier alpha value is -3.86. The van der Waals surface area contributed by atoms with E-state index in [0.717, 1.165) is 52.8 Å². The first-order chi connectivity index (χ1) is 16.6. The van der Waals surface area contributed by atoms with Crippen LogP contribution < -0.4 is 10.6 Å². The zero-order valence-electron chi connectivity index (χ0n) is 19.3. The quantitative estimate of drug-likeness (QED) is 0.310. The molecule has 0 aliphatic heterocycles. The van der Waals surface area contributed by atoms with Gasteiger partial charge in [0.1, 0.15) is 0 Å². The molecule has 1 aliphatic rings. The van der Waals surface area contributed by atoms with E-state index in [4.69, 9.17) is 0 Å². The topological polar surface area (TPSA) is 74.0 Å². The van der Waals surface area contributed by atoms with Gasteiger partial charge >= 0.3 is 0 Å². The monoisotopic (exact) mass is 451 g/mol. The van der Waals surface area contributed by atoms with Crippen LogP contribution in [0.25, 0.3) is 22.2 Å². The molecule has 5 heteroatoms. The summed E-state index contributed by atoms with van der Waals surface area (Å²) in [6.45, 7) is 2.18. The predicted octanol–water partition coefficient (Wildman–Crippen LogP) is 6.85. The second-order valence-corrected chi connectivity index (χ2v) is 9.24. The van der Waals surface area contributed by atoms with Crippen molar-refractivity contribution < 1.29 is 9.59 Å². The van der Waals surface area contributed by atoms with E-state index in [9.17, 15) is 9.59 Å². The molecule has 1 aromatic heterocycles. The van der Waals surface area contributed by atoms with Crippen LogP contribution in [0.2, 0.25) is 0 Å². The molecule has 2 amide bonds. The van der Waals surface area contributed by atoms with Crippen molar-refractivity contribution in [3.05, 3.63) is 84.4 Å². The summed E-state index contributed by atoms with van der Waals surface area (Å²) in [4.78, 5) is 28.6. The molecule has 5 nitrogen and oxygen atoms in total. The van der Waals surface area contributed by atoms with Crippen molar-refractivity contribution in [2.45, 2.75) is 32.6 Å². The summed E-state index contributed by atoms with van der Waals surface area (Å²) >= 11 is 0. The van der Waals surface area contributed by atoms with Gasteiger partial charge in [-0.15, -0.1) is 0 Å². The average molecular weight is 452 g/mol. The van der Waals surface area contributed by atoms with Crippen LogP contribution in [-0.4, -0.2) is 16.8 Å². The second kappa shape index (κ2) is 9.56. The highest BCUT2D eigenvalue weighted by atomic mass is 16.2. The highest BCUT2D eigenvalue weighted by Gasteiger charge is 2.27. The summed E-state index contributed by atoms with van der Waals surface area (Å²) in [5.41, 5.74) is 5.23.